The highest BCUT2D eigenvalue weighted by molar-refractivity contribution is 5.92. The minimum atomic E-state index is -4.47. The number of carbonyl (C=O) groups excluding carboxylic acids is 3. The lowest BCUT2D eigenvalue weighted by atomic mass is 9.99. The van der Waals surface area contributed by atoms with Crippen molar-refractivity contribution >= 4 is 18.2 Å². The van der Waals surface area contributed by atoms with Gasteiger partial charge in [0.05, 0.1) is 19.1 Å². The summed E-state index contributed by atoms with van der Waals surface area (Å²) in [6, 6.07) is 18.1. The summed E-state index contributed by atoms with van der Waals surface area (Å²) in [5.74, 6) is -1.30. The van der Waals surface area contributed by atoms with Gasteiger partial charge in [-0.05, 0) is 36.2 Å². The van der Waals surface area contributed by atoms with Gasteiger partial charge in [0.2, 0.25) is 12.3 Å². The standard InChI is InChI=1S/C31H36F3N3O6/c1-2-3-4-8-12-25(18-37(22-38)42-19-23-10-6-5-7-11-23)29(39)35-21-36-30(40)28-16-15-27(43-28)24-13-9-14-26(17-24)41-20-31(32,33)34/h5-7,9-11,13-17,22,25H,2-4,8,12,18-21H2,1H3,(H,35,39)(H,36,40)/t25-/m1/s1. The van der Waals surface area contributed by atoms with Gasteiger partial charge in [-0.3, -0.25) is 19.2 Å². The number of hydrogen-bond donors (Lipinski definition) is 2. The number of furan rings is 1. The van der Waals surface area contributed by atoms with E-state index in [2.05, 4.69) is 17.6 Å². The summed E-state index contributed by atoms with van der Waals surface area (Å²) in [5.41, 5.74) is 1.30. The molecule has 1 aromatic heterocycles. The van der Waals surface area contributed by atoms with Crippen LogP contribution >= 0.6 is 0 Å². The lowest BCUT2D eigenvalue weighted by Gasteiger charge is -2.23. The first-order valence-corrected chi connectivity index (χ1v) is 14.0. The molecule has 1 atom stereocenters. The highest BCUT2D eigenvalue weighted by Crippen LogP contribution is 2.27. The van der Waals surface area contributed by atoms with Crippen LogP contribution in [0, 0.1) is 5.92 Å². The number of nitrogens with zero attached hydrogens (tertiary/aromatic N) is 1. The van der Waals surface area contributed by atoms with Crippen molar-refractivity contribution < 1.29 is 41.5 Å². The Bertz CT molecular complexity index is 1300. The Morgan fingerprint density at radius 2 is 1.79 bits per heavy atom. The van der Waals surface area contributed by atoms with E-state index >= 15 is 0 Å². The summed E-state index contributed by atoms with van der Waals surface area (Å²) in [5, 5.41) is 6.35. The molecule has 2 aromatic carbocycles. The van der Waals surface area contributed by atoms with Gasteiger partial charge in [0.15, 0.2) is 12.4 Å². The topological polar surface area (TPSA) is 110 Å². The van der Waals surface area contributed by atoms with E-state index in [1.165, 1.54) is 30.3 Å². The number of carbonyl (C=O) groups is 3. The number of nitrogens with one attached hydrogen (secondary N) is 2. The van der Waals surface area contributed by atoms with Gasteiger partial charge in [0.1, 0.15) is 18.1 Å². The van der Waals surface area contributed by atoms with Gasteiger partial charge in [0, 0.05) is 5.56 Å². The third-order valence-corrected chi connectivity index (χ3v) is 6.40. The molecule has 0 saturated carbocycles. The molecule has 232 valence electrons. The Kier molecular flexibility index (Phi) is 13.1. The van der Waals surface area contributed by atoms with Crippen LogP contribution in [0.2, 0.25) is 0 Å². The molecule has 1 heterocycles. The molecule has 0 spiro atoms. The third kappa shape index (κ3) is 11.8. The van der Waals surface area contributed by atoms with E-state index in [-0.39, 0.29) is 43.0 Å². The van der Waals surface area contributed by atoms with E-state index in [4.69, 9.17) is 14.0 Å². The lowest BCUT2D eigenvalue weighted by Crippen LogP contribution is -2.43. The van der Waals surface area contributed by atoms with Gasteiger partial charge >= 0.3 is 6.18 Å². The van der Waals surface area contributed by atoms with Crippen molar-refractivity contribution in [3.8, 4) is 17.1 Å². The number of alkyl halides is 3. The van der Waals surface area contributed by atoms with E-state index < -0.39 is 24.6 Å². The van der Waals surface area contributed by atoms with Crippen molar-refractivity contribution in [2.45, 2.75) is 51.8 Å². The van der Waals surface area contributed by atoms with Gasteiger partial charge in [-0.15, -0.1) is 0 Å². The number of hydrogen-bond acceptors (Lipinski definition) is 6. The number of amides is 3. The van der Waals surface area contributed by atoms with Crippen molar-refractivity contribution in [3.63, 3.8) is 0 Å². The van der Waals surface area contributed by atoms with Crippen molar-refractivity contribution in [3.05, 3.63) is 78.1 Å². The monoisotopic (exact) mass is 603 g/mol. The molecule has 0 aliphatic rings. The zero-order chi connectivity index (χ0) is 31.1. The number of unbranched alkanes of at least 4 members (excludes halogenated alkanes) is 3. The second kappa shape index (κ2) is 17.0. The highest BCUT2D eigenvalue weighted by atomic mass is 19.4. The highest BCUT2D eigenvalue weighted by Gasteiger charge is 2.28. The van der Waals surface area contributed by atoms with E-state index in [0.29, 0.717) is 18.4 Å². The molecule has 3 rings (SSSR count). The average Bonchev–Trinajstić information content (AvgIpc) is 3.50. The molecule has 12 heteroatoms. The van der Waals surface area contributed by atoms with E-state index in [9.17, 15) is 27.6 Å². The molecule has 0 aliphatic heterocycles. The molecule has 0 radical (unpaired) electrons. The Morgan fingerprint density at radius 1 is 1.00 bits per heavy atom. The normalized spacial score (nSPS) is 11.9. The Labute approximate surface area is 248 Å². The van der Waals surface area contributed by atoms with Gasteiger partial charge in [0.25, 0.3) is 5.91 Å². The molecule has 0 unspecified atom stereocenters. The van der Waals surface area contributed by atoms with Crippen LogP contribution in [0.1, 0.15) is 55.1 Å². The van der Waals surface area contributed by atoms with Gasteiger partial charge in [-0.1, -0.05) is 75.1 Å². The maximum absolute atomic E-state index is 13.0. The third-order valence-electron chi connectivity index (χ3n) is 6.40. The fraction of sp³-hybridized carbons (Fsp3) is 0.387. The molecule has 9 nitrogen and oxygen atoms in total. The fourth-order valence-electron chi connectivity index (χ4n) is 4.16. The van der Waals surface area contributed by atoms with Crippen LogP contribution in [-0.4, -0.2) is 49.3 Å². The first-order valence-electron chi connectivity index (χ1n) is 14.0. The number of ether oxygens (including phenoxy) is 1. The van der Waals surface area contributed by atoms with Crippen molar-refractivity contribution in [1.29, 1.82) is 0 Å². The molecule has 3 aromatic rings. The van der Waals surface area contributed by atoms with Crippen molar-refractivity contribution in [2.24, 2.45) is 5.92 Å². The maximum atomic E-state index is 13.0. The number of hydroxylamine groups is 2. The van der Waals surface area contributed by atoms with E-state index in [1.54, 1.807) is 6.07 Å². The Balaban J connectivity index is 1.53. The van der Waals surface area contributed by atoms with E-state index in [1.807, 2.05) is 30.3 Å². The van der Waals surface area contributed by atoms with Crippen LogP contribution in [0.3, 0.4) is 0 Å². The largest absolute Gasteiger partial charge is 0.484 e. The van der Waals surface area contributed by atoms with Crippen LogP contribution in [0.4, 0.5) is 13.2 Å². The molecular weight excluding hydrogens is 567 g/mol. The fourth-order valence-corrected chi connectivity index (χ4v) is 4.16. The molecule has 0 saturated heterocycles. The number of rotatable bonds is 18. The number of halogens is 3. The summed E-state index contributed by atoms with van der Waals surface area (Å²) in [6.45, 7) is 0.698. The molecule has 0 fully saturated rings. The van der Waals surface area contributed by atoms with E-state index in [0.717, 1.165) is 36.3 Å². The summed E-state index contributed by atoms with van der Waals surface area (Å²) in [6.07, 6.45) is 0.413. The zero-order valence-corrected chi connectivity index (χ0v) is 23.9. The smallest absolute Gasteiger partial charge is 0.422 e. The minimum absolute atomic E-state index is 0.00259. The molecule has 43 heavy (non-hydrogen) atoms. The minimum Gasteiger partial charge on any atom is -0.484 e. The predicted octanol–water partition coefficient (Wildman–Crippen LogP) is 5.87. The van der Waals surface area contributed by atoms with Crippen LogP contribution < -0.4 is 15.4 Å². The Hall–Kier alpha value is -4.32. The molecular formula is C31H36F3N3O6. The van der Waals surface area contributed by atoms with Crippen molar-refractivity contribution in [2.75, 3.05) is 19.8 Å². The molecule has 0 aliphatic carbocycles. The van der Waals surface area contributed by atoms with Gasteiger partial charge in [-0.2, -0.15) is 13.2 Å². The van der Waals surface area contributed by atoms with Crippen molar-refractivity contribution in [1.82, 2.24) is 15.7 Å². The molecule has 0 bridgehead atoms. The van der Waals surface area contributed by atoms with Crippen LogP contribution in [-0.2, 0) is 21.0 Å². The lowest BCUT2D eigenvalue weighted by molar-refractivity contribution is -0.182. The van der Waals surface area contributed by atoms with Crippen LogP contribution in [0.5, 0.6) is 5.75 Å². The molecule has 3 amide bonds. The summed E-state index contributed by atoms with van der Waals surface area (Å²) >= 11 is 0. The predicted molar refractivity (Wildman–Crippen MR) is 152 cm³/mol. The number of benzene rings is 2. The summed E-state index contributed by atoms with van der Waals surface area (Å²) < 4.78 is 47.7. The van der Waals surface area contributed by atoms with Crippen LogP contribution in [0.15, 0.2) is 71.1 Å². The molecule has 2 N–H and O–H groups in total. The Morgan fingerprint density at radius 3 is 2.51 bits per heavy atom. The first kappa shape index (κ1) is 33.2. The van der Waals surface area contributed by atoms with Gasteiger partial charge < -0.3 is 19.8 Å². The quantitative estimate of drug-likeness (QED) is 0.0815. The summed E-state index contributed by atoms with van der Waals surface area (Å²) in [4.78, 5) is 42.9. The maximum Gasteiger partial charge on any atom is 0.422 e. The van der Waals surface area contributed by atoms with Gasteiger partial charge in [-0.25, -0.2) is 5.06 Å². The zero-order valence-electron chi connectivity index (χ0n) is 23.9. The average molecular weight is 604 g/mol. The SMILES string of the molecule is CCCCCC[C@H](CN(C=O)OCc1ccccc1)C(=O)NCNC(=O)c1ccc(-c2cccc(OCC(F)(F)F)c2)o1. The second-order valence-electron chi connectivity index (χ2n) is 9.83. The summed E-state index contributed by atoms with van der Waals surface area (Å²) in [7, 11) is 0. The second-order valence-corrected chi connectivity index (χ2v) is 9.83. The van der Waals surface area contributed by atoms with Crippen LogP contribution in [0.25, 0.3) is 11.3 Å². The first-order chi connectivity index (χ1) is 20.7.